The van der Waals surface area contributed by atoms with Crippen molar-refractivity contribution in [3.63, 3.8) is 0 Å². The number of nitrogens with one attached hydrogen (secondary N) is 1. The second-order valence-electron chi connectivity index (χ2n) is 4.71. The predicted octanol–water partition coefficient (Wildman–Crippen LogP) is 0.0340. The van der Waals surface area contributed by atoms with Gasteiger partial charge in [0.1, 0.15) is 0 Å². The van der Waals surface area contributed by atoms with Crippen molar-refractivity contribution >= 4 is 0 Å². The van der Waals surface area contributed by atoms with Gasteiger partial charge in [0.05, 0.1) is 6.10 Å². The molecule has 4 heteroatoms. The molecule has 1 heterocycles. The van der Waals surface area contributed by atoms with Crippen LogP contribution in [0.4, 0.5) is 0 Å². The van der Waals surface area contributed by atoms with Gasteiger partial charge in [-0.1, -0.05) is 0 Å². The molecule has 0 bridgehead atoms. The number of nitrogens with two attached hydrogens (primary N) is 1. The average Bonchev–Trinajstić information content (AvgIpc) is 2.28. The monoisotopic (exact) mass is 215 g/mol. The maximum Gasteiger partial charge on any atom is 0.0667 e. The van der Waals surface area contributed by atoms with E-state index in [0.717, 1.165) is 39.0 Å². The van der Waals surface area contributed by atoms with Crippen LogP contribution in [0.1, 0.15) is 19.8 Å². The lowest BCUT2D eigenvalue weighted by atomic mass is 9.87. The van der Waals surface area contributed by atoms with Crippen LogP contribution in [0.15, 0.2) is 0 Å². The summed E-state index contributed by atoms with van der Waals surface area (Å²) in [5, 5.41) is 3.58. The van der Waals surface area contributed by atoms with Crippen LogP contribution in [0.2, 0.25) is 0 Å². The van der Waals surface area contributed by atoms with Crippen LogP contribution in [0.5, 0.6) is 0 Å². The molecule has 0 aromatic carbocycles. The molecule has 15 heavy (non-hydrogen) atoms. The summed E-state index contributed by atoms with van der Waals surface area (Å²) < 4.78 is 5.24. The van der Waals surface area contributed by atoms with Crippen molar-refractivity contribution < 1.29 is 4.74 Å². The number of ether oxygens (including phenoxy) is 1. The van der Waals surface area contributed by atoms with Crippen LogP contribution < -0.4 is 11.1 Å². The van der Waals surface area contributed by atoms with E-state index in [1.165, 1.54) is 0 Å². The topological polar surface area (TPSA) is 50.5 Å². The number of piperidine rings is 1. The quantitative estimate of drug-likeness (QED) is 0.679. The lowest BCUT2D eigenvalue weighted by molar-refractivity contribution is 0.0927. The highest BCUT2D eigenvalue weighted by Crippen LogP contribution is 2.20. The molecule has 3 N–H and O–H groups in total. The van der Waals surface area contributed by atoms with E-state index in [1.807, 2.05) is 0 Å². The van der Waals surface area contributed by atoms with E-state index in [9.17, 15) is 0 Å². The molecule has 0 radical (unpaired) electrons. The number of nitrogens with zero attached hydrogens (tertiary/aromatic N) is 1. The van der Waals surface area contributed by atoms with Gasteiger partial charge in [-0.2, -0.15) is 0 Å². The molecule has 1 fully saturated rings. The largest absolute Gasteiger partial charge is 0.380 e. The highest BCUT2D eigenvalue weighted by Gasteiger charge is 2.31. The second-order valence-corrected chi connectivity index (χ2v) is 4.71. The van der Waals surface area contributed by atoms with E-state index in [0.29, 0.717) is 0 Å². The van der Waals surface area contributed by atoms with Gasteiger partial charge in [-0.15, -0.1) is 0 Å². The Bertz CT molecular complexity index is 179. The molecule has 1 unspecified atom stereocenters. The maximum absolute atomic E-state index is 5.89. The van der Waals surface area contributed by atoms with Gasteiger partial charge in [0.15, 0.2) is 0 Å². The number of methoxy groups -OCH3 is 1. The van der Waals surface area contributed by atoms with Gasteiger partial charge in [0.25, 0.3) is 0 Å². The molecule has 0 amide bonds. The second kappa shape index (κ2) is 5.80. The Kier molecular flexibility index (Phi) is 4.99. The smallest absolute Gasteiger partial charge is 0.0667 e. The maximum atomic E-state index is 5.89. The third-order valence-corrected chi connectivity index (χ3v) is 3.50. The van der Waals surface area contributed by atoms with Crippen LogP contribution in [0.25, 0.3) is 0 Å². The number of rotatable bonds is 5. The van der Waals surface area contributed by atoms with Crippen molar-refractivity contribution in [2.24, 2.45) is 5.73 Å². The highest BCUT2D eigenvalue weighted by molar-refractivity contribution is 4.94. The fourth-order valence-corrected chi connectivity index (χ4v) is 1.94. The zero-order valence-electron chi connectivity index (χ0n) is 10.3. The van der Waals surface area contributed by atoms with Crippen LogP contribution in [0, 0.1) is 0 Å². The molecule has 0 saturated carbocycles. The minimum absolute atomic E-state index is 0.138. The zero-order chi connectivity index (χ0) is 11.3. The molecule has 90 valence electrons. The van der Waals surface area contributed by atoms with Gasteiger partial charge in [-0.3, -0.25) is 0 Å². The van der Waals surface area contributed by atoms with Crippen molar-refractivity contribution in [1.82, 2.24) is 10.2 Å². The van der Waals surface area contributed by atoms with E-state index in [2.05, 4.69) is 24.2 Å². The summed E-state index contributed by atoms with van der Waals surface area (Å²) in [6.07, 6.45) is 2.53. The first-order valence-electron chi connectivity index (χ1n) is 5.78. The normalized spacial score (nSPS) is 24.0. The van der Waals surface area contributed by atoms with Gasteiger partial charge >= 0.3 is 0 Å². The molecule has 0 aromatic heterocycles. The first-order valence-corrected chi connectivity index (χ1v) is 5.78. The minimum atomic E-state index is 0.138. The minimum Gasteiger partial charge on any atom is -0.380 e. The molecule has 1 saturated heterocycles. The first-order chi connectivity index (χ1) is 7.12. The van der Waals surface area contributed by atoms with Crippen molar-refractivity contribution in [2.45, 2.75) is 31.4 Å². The first kappa shape index (κ1) is 12.9. The number of hydrogen-bond acceptors (Lipinski definition) is 4. The number of likely N-dealkylation sites (tertiary alicyclic amines) is 1. The van der Waals surface area contributed by atoms with E-state index in [1.54, 1.807) is 7.11 Å². The van der Waals surface area contributed by atoms with Gasteiger partial charge in [0, 0.05) is 25.7 Å². The Morgan fingerprint density at radius 2 is 2.07 bits per heavy atom. The van der Waals surface area contributed by atoms with Crippen LogP contribution >= 0.6 is 0 Å². The van der Waals surface area contributed by atoms with E-state index >= 15 is 0 Å². The zero-order valence-corrected chi connectivity index (χ0v) is 10.3. The molecular weight excluding hydrogens is 190 g/mol. The Balaban J connectivity index is 2.39. The number of hydrogen-bond donors (Lipinski definition) is 2. The Labute approximate surface area is 93.1 Å². The van der Waals surface area contributed by atoms with Crippen LogP contribution in [-0.2, 0) is 4.74 Å². The summed E-state index contributed by atoms with van der Waals surface area (Å²) in [5.74, 6) is 0. The van der Waals surface area contributed by atoms with Gasteiger partial charge in [-0.25, -0.2) is 0 Å². The Morgan fingerprint density at radius 1 is 1.47 bits per heavy atom. The molecular formula is C11H25N3O. The van der Waals surface area contributed by atoms with Gasteiger partial charge in [0.2, 0.25) is 0 Å². The predicted molar refractivity (Wildman–Crippen MR) is 63.0 cm³/mol. The van der Waals surface area contributed by atoms with Crippen LogP contribution in [-0.4, -0.2) is 56.9 Å². The molecule has 1 aliphatic heterocycles. The molecule has 4 nitrogen and oxygen atoms in total. The molecule has 1 atom stereocenters. The summed E-state index contributed by atoms with van der Waals surface area (Å²) in [6, 6.07) is 0. The summed E-state index contributed by atoms with van der Waals surface area (Å²) in [7, 11) is 3.91. The fourth-order valence-electron chi connectivity index (χ4n) is 1.94. The lowest BCUT2D eigenvalue weighted by Crippen LogP contribution is -2.58. The summed E-state index contributed by atoms with van der Waals surface area (Å²) >= 11 is 0. The lowest BCUT2D eigenvalue weighted by Gasteiger charge is -2.41. The van der Waals surface area contributed by atoms with E-state index < -0.39 is 0 Å². The molecule has 1 rings (SSSR count). The van der Waals surface area contributed by atoms with Crippen LogP contribution in [0.3, 0.4) is 0 Å². The average molecular weight is 215 g/mol. The Hall–Kier alpha value is -0.160. The fraction of sp³-hybridized carbons (Fsp3) is 1.00. The van der Waals surface area contributed by atoms with Crippen molar-refractivity contribution in [3.8, 4) is 0 Å². The highest BCUT2D eigenvalue weighted by atomic mass is 16.5. The summed E-state index contributed by atoms with van der Waals surface area (Å²) in [4.78, 5) is 2.36. The third-order valence-electron chi connectivity index (χ3n) is 3.50. The summed E-state index contributed by atoms with van der Waals surface area (Å²) in [6.45, 7) is 5.94. The molecule has 0 spiro atoms. The van der Waals surface area contributed by atoms with Gasteiger partial charge < -0.3 is 20.7 Å². The third kappa shape index (κ3) is 3.72. The van der Waals surface area contributed by atoms with Crippen molar-refractivity contribution in [1.29, 1.82) is 0 Å². The molecule has 1 aliphatic rings. The van der Waals surface area contributed by atoms with Crippen molar-refractivity contribution in [3.05, 3.63) is 0 Å². The SMILES string of the molecule is COC(C)CNC1(CN)CCN(C)CC1. The Morgan fingerprint density at radius 3 is 2.53 bits per heavy atom. The van der Waals surface area contributed by atoms with Crippen molar-refractivity contribution in [2.75, 3.05) is 40.3 Å². The van der Waals surface area contributed by atoms with E-state index in [-0.39, 0.29) is 11.6 Å². The summed E-state index contributed by atoms with van der Waals surface area (Å²) in [5.41, 5.74) is 6.03. The van der Waals surface area contributed by atoms with Gasteiger partial charge in [-0.05, 0) is 39.9 Å². The molecule has 0 aromatic rings. The van der Waals surface area contributed by atoms with E-state index in [4.69, 9.17) is 10.5 Å². The standard InChI is InChI=1S/C11H25N3O/c1-10(15-3)8-13-11(9-12)4-6-14(2)7-5-11/h10,13H,4-9,12H2,1-3H3. The molecule has 0 aliphatic carbocycles.